The Kier molecular flexibility index (Phi) is 5.53. The molecule has 4 saturated carbocycles. The van der Waals surface area contributed by atoms with Crippen LogP contribution in [0, 0.1) is 31.6 Å². The van der Waals surface area contributed by atoms with Gasteiger partial charge in [-0.05, 0) is 123 Å². The van der Waals surface area contributed by atoms with Crippen LogP contribution in [0.25, 0.3) is 11.8 Å². The van der Waals surface area contributed by atoms with E-state index in [4.69, 9.17) is 12.2 Å². The number of anilines is 1. The maximum absolute atomic E-state index is 13.2. The summed E-state index contributed by atoms with van der Waals surface area (Å²) in [4.78, 5) is 15.5. The Bertz CT molecular complexity index is 1400. The molecule has 8 rings (SSSR count). The number of rotatable bonds is 4. The van der Waals surface area contributed by atoms with E-state index in [9.17, 15) is 4.79 Å². The van der Waals surface area contributed by atoms with Crippen molar-refractivity contribution in [1.29, 1.82) is 0 Å². The fourth-order valence-corrected chi connectivity index (χ4v) is 9.46. The Balaban J connectivity index is 1.17. The van der Waals surface area contributed by atoms with E-state index in [0.717, 1.165) is 34.7 Å². The Morgan fingerprint density at radius 2 is 1.51 bits per heavy atom. The van der Waals surface area contributed by atoms with Crippen molar-refractivity contribution in [3.8, 4) is 5.69 Å². The number of aryl methyl sites for hydroxylation is 1. The van der Waals surface area contributed by atoms with Crippen molar-refractivity contribution in [2.75, 3.05) is 4.90 Å². The highest BCUT2D eigenvalue weighted by Gasteiger charge is 2.51. The molecule has 5 aliphatic rings. The van der Waals surface area contributed by atoms with E-state index in [1.165, 1.54) is 61.7 Å². The summed E-state index contributed by atoms with van der Waals surface area (Å²) < 4.78 is 2.89. The van der Waals surface area contributed by atoms with Gasteiger partial charge in [0.1, 0.15) is 0 Å². The third kappa shape index (κ3) is 3.85. The number of aromatic nitrogens is 1. The number of benzene rings is 2. The van der Waals surface area contributed by atoms with E-state index in [1.54, 1.807) is 10.5 Å². The minimum absolute atomic E-state index is 0.0501. The fraction of sp³-hybridized carbons (Fsp3) is 0.375. The number of hydrogen-bond donors (Lipinski definition) is 0. The number of carbonyl (C=O) groups excluding carboxylic acids is 1. The summed E-state index contributed by atoms with van der Waals surface area (Å²) in [6.07, 6.45) is 10.6. The van der Waals surface area contributed by atoms with Crippen LogP contribution in [0.1, 0.15) is 61.0 Å². The van der Waals surface area contributed by atoms with E-state index in [1.807, 2.05) is 36.4 Å². The van der Waals surface area contributed by atoms with Gasteiger partial charge >= 0.3 is 0 Å². The number of amides is 1. The second kappa shape index (κ2) is 8.71. The fourth-order valence-electron chi connectivity index (χ4n) is 8.17. The van der Waals surface area contributed by atoms with Gasteiger partial charge in [-0.2, -0.15) is 0 Å². The lowest BCUT2D eigenvalue weighted by Gasteiger charge is -2.57. The van der Waals surface area contributed by atoms with Crippen LogP contribution in [0.15, 0.2) is 65.6 Å². The monoisotopic (exact) mass is 524 g/mol. The molecular formula is C32H32N2OS2. The molecule has 0 N–H and O–H groups in total. The molecule has 5 heteroatoms. The van der Waals surface area contributed by atoms with Gasteiger partial charge < -0.3 is 4.57 Å². The second-order valence-electron chi connectivity index (χ2n) is 11.8. The van der Waals surface area contributed by atoms with E-state index < -0.39 is 0 Å². The first-order valence-corrected chi connectivity index (χ1v) is 14.8. The summed E-state index contributed by atoms with van der Waals surface area (Å²) in [5, 5.41) is 0. The topological polar surface area (TPSA) is 25.2 Å². The largest absolute Gasteiger partial charge is 0.318 e. The first kappa shape index (κ1) is 23.5. The summed E-state index contributed by atoms with van der Waals surface area (Å²) in [5.74, 6) is 2.82. The van der Waals surface area contributed by atoms with E-state index in [2.05, 4.69) is 48.7 Å². The standard InChI is InChI=1S/C32H32N2OS2/c1-20-12-25(16-29-30(35)34(31(36)37-29)27-6-4-3-5-7-27)21(2)33(20)28-10-8-26(9-11-28)32-17-22-13-23(18-32)15-24(14-22)19-32/h3-12,16,22-24H,13-15,17-19H2,1-2H3/b29-16+. The molecule has 0 atom stereocenters. The molecule has 2 heterocycles. The molecule has 37 heavy (non-hydrogen) atoms. The molecule has 1 aromatic heterocycles. The van der Waals surface area contributed by atoms with Gasteiger partial charge in [0.25, 0.3) is 5.91 Å². The van der Waals surface area contributed by atoms with Gasteiger partial charge in [0.05, 0.1) is 10.6 Å². The van der Waals surface area contributed by atoms with Crippen LogP contribution < -0.4 is 4.90 Å². The average Bonchev–Trinajstić information content (AvgIpc) is 3.32. The van der Waals surface area contributed by atoms with Crippen molar-refractivity contribution < 1.29 is 4.79 Å². The summed E-state index contributed by atoms with van der Waals surface area (Å²) in [6, 6.07) is 21.3. The van der Waals surface area contributed by atoms with E-state index >= 15 is 0 Å². The molecule has 0 radical (unpaired) electrons. The van der Waals surface area contributed by atoms with Crippen LogP contribution in [-0.2, 0) is 10.2 Å². The molecular weight excluding hydrogens is 492 g/mol. The summed E-state index contributed by atoms with van der Waals surface area (Å²) in [5.41, 5.74) is 7.37. The molecule has 1 saturated heterocycles. The summed E-state index contributed by atoms with van der Waals surface area (Å²) in [6.45, 7) is 4.29. The van der Waals surface area contributed by atoms with E-state index in [0.29, 0.717) is 14.6 Å². The van der Waals surface area contributed by atoms with Gasteiger partial charge in [-0.25, -0.2) is 0 Å². The third-order valence-electron chi connectivity index (χ3n) is 9.34. The zero-order chi connectivity index (χ0) is 25.3. The maximum atomic E-state index is 13.2. The van der Waals surface area contributed by atoms with Crippen LogP contribution in [0.5, 0.6) is 0 Å². The van der Waals surface area contributed by atoms with Gasteiger partial charge in [0, 0.05) is 17.1 Å². The first-order chi connectivity index (χ1) is 17.9. The molecule has 1 amide bonds. The van der Waals surface area contributed by atoms with Gasteiger partial charge in [0.15, 0.2) is 4.32 Å². The van der Waals surface area contributed by atoms with Gasteiger partial charge in [-0.15, -0.1) is 0 Å². The normalized spacial score (nSPS) is 29.6. The third-order valence-corrected chi connectivity index (χ3v) is 10.6. The average molecular weight is 525 g/mol. The number of hydrogen-bond acceptors (Lipinski definition) is 3. The Labute approximate surface area is 228 Å². The molecule has 0 unspecified atom stereocenters. The lowest BCUT2D eigenvalue weighted by molar-refractivity contribution is -0.113. The van der Waals surface area contributed by atoms with Crippen LogP contribution >= 0.6 is 24.0 Å². The minimum atomic E-state index is -0.0501. The second-order valence-corrected chi connectivity index (χ2v) is 13.4. The Morgan fingerprint density at radius 3 is 2.14 bits per heavy atom. The molecule has 3 aromatic rings. The van der Waals surface area contributed by atoms with Crippen LogP contribution in [0.2, 0.25) is 0 Å². The maximum Gasteiger partial charge on any atom is 0.270 e. The zero-order valence-electron chi connectivity index (χ0n) is 21.4. The number of para-hydroxylation sites is 1. The van der Waals surface area contributed by atoms with Gasteiger partial charge in [0.2, 0.25) is 0 Å². The van der Waals surface area contributed by atoms with E-state index in [-0.39, 0.29) is 5.91 Å². The molecule has 188 valence electrons. The lowest BCUT2D eigenvalue weighted by Crippen LogP contribution is -2.48. The van der Waals surface area contributed by atoms with Gasteiger partial charge in [-0.3, -0.25) is 9.69 Å². The van der Waals surface area contributed by atoms with Crippen molar-refractivity contribution in [1.82, 2.24) is 4.57 Å². The number of thiocarbonyl (C=S) groups is 1. The van der Waals surface area contributed by atoms with Crippen molar-refractivity contribution in [3.63, 3.8) is 0 Å². The lowest BCUT2D eigenvalue weighted by atomic mass is 9.48. The molecule has 4 aliphatic carbocycles. The highest BCUT2D eigenvalue weighted by Crippen LogP contribution is 2.60. The smallest absolute Gasteiger partial charge is 0.270 e. The quantitative estimate of drug-likeness (QED) is 0.256. The number of thioether (sulfide) groups is 1. The van der Waals surface area contributed by atoms with Crippen molar-refractivity contribution in [2.24, 2.45) is 17.8 Å². The summed E-state index contributed by atoms with van der Waals surface area (Å²) >= 11 is 6.94. The van der Waals surface area contributed by atoms with Crippen LogP contribution in [0.3, 0.4) is 0 Å². The molecule has 4 bridgehead atoms. The van der Waals surface area contributed by atoms with Crippen LogP contribution in [-0.4, -0.2) is 14.8 Å². The first-order valence-electron chi connectivity index (χ1n) is 13.5. The minimum Gasteiger partial charge on any atom is -0.318 e. The van der Waals surface area contributed by atoms with Crippen molar-refractivity contribution in [3.05, 3.63) is 88.1 Å². The highest BCUT2D eigenvalue weighted by molar-refractivity contribution is 8.27. The molecule has 5 fully saturated rings. The molecule has 2 aromatic carbocycles. The number of carbonyl (C=O) groups is 1. The predicted molar refractivity (Wildman–Crippen MR) is 157 cm³/mol. The highest BCUT2D eigenvalue weighted by atomic mass is 32.2. The number of nitrogens with zero attached hydrogens (tertiary/aromatic N) is 2. The van der Waals surface area contributed by atoms with Gasteiger partial charge in [-0.1, -0.05) is 54.3 Å². The Hall–Kier alpha value is -2.63. The predicted octanol–water partition coefficient (Wildman–Crippen LogP) is 7.97. The SMILES string of the molecule is Cc1cc(/C=C2/SC(=S)N(c3ccccc3)C2=O)c(C)n1-c1ccc(C23CC4CC(CC(C4)C2)C3)cc1. The molecule has 1 aliphatic heterocycles. The molecule has 0 spiro atoms. The summed E-state index contributed by atoms with van der Waals surface area (Å²) in [7, 11) is 0. The van der Waals surface area contributed by atoms with Crippen molar-refractivity contribution in [2.45, 2.75) is 57.8 Å². The van der Waals surface area contributed by atoms with Crippen LogP contribution in [0.4, 0.5) is 5.69 Å². The zero-order valence-corrected chi connectivity index (χ0v) is 23.1. The molecule has 3 nitrogen and oxygen atoms in total. The Morgan fingerprint density at radius 1 is 0.892 bits per heavy atom. The van der Waals surface area contributed by atoms with Crippen molar-refractivity contribution >= 4 is 46.0 Å².